The molecule has 0 fully saturated rings. The monoisotopic (exact) mass is 435 g/mol. The number of allylic oxidation sites excluding steroid dienone is 1. The van der Waals surface area contributed by atoms with E-state index >= 15 is 0 Å². The number of ketones is 2. The predicted octanol–water partition coefficient (Wildman–Crippen LogP) is 3.63. The second-order valence-corrected chi connectivity index (χ2v) is 7.24. The Morgan fingerprint density at radius 3 is 2.03 bits per heavy atom. The lowest BCUT2D eigenvalue weighted by Gasteiger charge is -2.27. The minimum Gasteiger partial charge on any atom is -0.465 e. The number of hydrogen-bond acceptors (Lipinski definition) is 7. The van der Waals surface area contributed by atoms with E-state index in [0.29, 0.717) is 33.5 Å². The summed E-state index contributed by atoms with van der Waals surface area (Å²) in [6.45, 7) is 5.47. The number of fused-ring (bicyclic) bond motifs is 1. The summed E-state index contributed by atoms with van der Waals surface area (Å²) < 4.78 is 10.1. The van der Waals surface area contributed by atoms with E-state index in [1.54, 1.807) is 74.2 Å². The standard InChI is InChI=1S/C25H25NO6/c1-4-31-22(27)15-26(18-12-10-17(11-13-18)25(30)32-5-2)14-21-16(3)23(28)19-8-6-7-9-20(19)24(21)29/h6-13H,4-5,14-15H2,1-3H3. The molecule has 7 heteroatoms. The SMILES string of the molecule is CCOC(=O)CN(CC1=C(C)C(=O)c2ccccc2C1=O)c1ccc(C(=O)OCC)cc1. The van der Waals surface area contributed by atoms with Gasteiger partial charge in [0.2, 0.25) is 0 Å². The van der Waals surface area contributed by atoms with E-state index in [-0.39, 0.29) is 37.9 Å². The van der Waals surface area contributed by atoms with E-state index in [1.807, 2.05) is 0 Å². The molecule has 0 bridgehead atoms. The molecule has 3 rings (SSSR count). The van der Waals surface area contributed by atoms with Gasteiger partial charge in [-0.2, -0.15) is 0 Å². The van der Waals surface area contributed by atoms with Crippen LogP contribution in [-0.4, -0.2) is 49.8 Å². The molecule has 0 unspecified atom stereocenters. The number of nitrogens with zero attached hydrogens (tertiary/aromatic N) is 1. The van der Waals surface area contributed by atoms with E-state index in [4.69, 9.17) is 9.47 Å². The number of anilines is 1. The van der Waals surface area contributed by atoms with E-state index in [1.165, 1.54) is 0 Å². The van der Waals surface area contributed by atoms with Gasteiger partial charge in [-0.15, -0.1) is 0 Å². The fraction of sp³-hybridized carbons (Fsp3) is 0.280. The molecule has 0 saturated carbocycles. The number of hydrogen-bond donors (Lipinski definition) is 0. The molecule has 1 aliphatic rings. The van der Waals surface area contributed by atoms with Crippen LogP contribution in [0.5, 0.6) is 0 Å². The van der Waals surface area contributed by atoms with Crippen molar-refractivity contribution in [1.82, 2.24) is 0 Å². The molecule has 2 aromatic rings. The summed E-state index contributed by atoms with van der Waals surface area (Å²) in [7, 11) is 0. The maximum Gasteiger partial charge on any atom is 0.338 e. The minimum atomic E-state index is -0.463. The van der Waals surface area contributed by atoms with Crippen molar-refractivity contribution in [2.45, 2.75) is 20.8 Å². The fourth-order valence-corrected chi connectivity index (χ4v) is 3.56. The number of Topliss-reactive ketones (excluding diaryl/α,β-unsaturated/α-hetero) is 2. The van der Waals surface area contributed by atoms with Crippen molar-refractivity contribution >= 4 is 29.2 Å². The number of carbonyl (C=O) groups is 4. The van der Waals surface area contributed by atoms with E-state index in [0.717, 1.165) is 0 Å². The average Bonchev–Trinajstić information content (AvgIpc) is 2.80. The van der Waals surface area contributed by atoms with Crippen molar-refractivity contribution in [3.05, 3.63) is 76.4 Å². The van der Waals surface area contributed by atoms with Crippen LogP contribution in [-0.2, 0) is 14.3 Å². The summed E-state index contributed by atoms with van der Waals surface area (Å²) >= 11 is 0. The topological polar surface area (TPSA) is 90.0 Å². The van der Waals surface area contributed by atoms with Gasteiger partial charge >= 0.3 is 11.9 Å². The fourth-order valence-electron chi connectivity index (χ4n) is 3.56. The van der Waals surface area contributed by atoms with Gasteiger partial charge in [-0.25, -0.2) is 4.79 Å². The highest BCUT2D eigenvalue weighted by Gasteiger charge is 2.31. The van der Waals surface area contributed by atoms with Gasteiger partial charge in [0, 0.05) is 34.5 Å². The molecule has 0 radical (unpaired) electrons. The molecule has 166 valence electrons. The van der Waals surface area contributed by atoms with Crippen LogP contribution in [0.4, 0.5) is 5.69 Å². The van der Waals surface area contributed by atoms with Crippen molar-refractivity contribution in [3.63, 3.8) is 0 Å². The van der Waals surface area contributed by atoms with E-state index in [2.05, 4.69) is 0 Å². The Balaban J connectivity index is 1.94. The van der Waals surface area contributed by atoms with Gasteiger partial charge in [0.25, 0.3) is 0 Å². The molecular formula is C25H25NO6. The summed E-state index contributed by atoms with van der Waals surface area (Å²) in [6.07, 6.45) is 0. The van der Waals surface area contributed by atoms with Crippen molar-refractivity contribution in [2.75, 3.05) is 31.2 Å². The largest absolute Gasteiger partial charge is 0.465 e. The first kappa shape index (κ1) is 22.9. The number of rotatable bonds is 8. The zero-order chi connectivity index (χ0) is 23.3. The molecule has 7 nitrogen and oxygen atoms in total. The lowest BCUT2D eigenvalue weighted by atomic mass is 9.84. The Morgan fingerprint density at radius 2 is 1.44 bits per heavy atom. The number of benzene rings is 2. The zero-order valence-corrected chi connectivity index (χ0v) is 18.3. The highest BCUT2D eigenvalue weighted by Crippen LogP contribution is 2.28. The predicted molar refractivity (Wildman–Crippen MR) is 119 cm³/mol. The summed E-state index contributed by atoms with van der Waals surface area (Å²) in [5.41, 5.74) is 2.39. The lowest BCUT2D eigenvalue weighted by molar-refractivity contribution is -0.141. The Bertz CT molecular complexity index is 1080. The second-order valence-electron chi connectivity index (χ2n) is 7.24. The van der Waals surface area contributed by atoms with Crippen molar-refractivity contribution in [2.24, 2.45) is 0 Å². The van der Waals surface area contributed by atoms with Crippen molar-refractivity contribution in [3.8, 4) is 0 Å². The van der Waals surface area contributed by atoms with Gasteiger partial charge in [-0.3, -0.25) is 14.4 Å². The molecule has 32 heavy (non-hydrogen) atoms. The van der Waals surface area contributed by atoms with E-state index < -0.39 is 11.9 Å². The maximum absolute atomic E-state index is 13.2. The Kier molecular flexibility index (Phi) is 7.20. The number of ether oxygens (including phenoxy) is 2. The molecule has 0 aromatic heterocycles. The van der Waals surface area contributed by atoms with Crippen LogP contribution in [0.1, 0.15) is 51.8 Å². The molecule has 0 aliphatic heterocycles. The highest BCUT2D eigenvalue weighted by atomic mass is 16.5. The quantitative estimate of drug-likeness (QED) is 0.585. The molecule has 0 heterocycles. The third kappa shape index (κ3) is 4.77. The Morgan fingerprint density at radius 1 is 0.844 bits per heavy atom. The van der Waals surface area contributed by atoms with Gasteiger partial charge in [-0.05, 0) is 45.0 Å². The summed E-state index contributed by atoms with van der Waals surface area (Å²) in [5, 5.41) is 0. The Hall–Kier alpha value is -3.74. The molecule has 0 N–H and O–H groups in total. The number of carbonyl (C=O) groups excluding carboxylic acids is 4. The summed E-state index contributed by atoms with van der Waals surface area (Å²) in [5.74, 6) is -1.35. The van der Waals surface area contributed by atoms with Gasteiger partial charge in [0.1, 0.15) is 6.54 Å². The number of esters is 2. The first-order valence-electron chi connectivity index (χ1n) is 10.4. The maximum atomic E-state index is 13.2. The minimum absolute atomic E-state index is 0.0440. The Labute approximate surface area is 186 Å². The molecule has 2 aromatic carbocycles. The first-order chi connectivity index (χ1) is 15.4. The third-order valence-electron chi connectivity index (χ3n) is 5.20. The van der Waals surface area contributed by atoms with Crippen LogP contribution in [0, 0.1) is 0 Å². The second kappa shape index (κ2) is 10.0. The smallest absolute Gasteiger partial charge is 0.338 e. The third-order valence-corrected chi connectivity index (χ3v) is 5.20. The molecular weight excluding hydrogens is 410 g/mol. The van der Waals surface area contributed by atoms with Crippen LogP contribution in [0.15, 0.2) is 59.7 Å². The van der Waals surface area contributed by atoms with E-state index in [9.17, 15) is 19.2 Å². The summed E-state index contributed by atoms with van der Waals surface area (Å²) in [4.78, 5) is 51.8. The van der Waals surface area contributed by atoms with Crippen LogP contribution >= 0.6 is 0 Å². The normalized spacial score (nSPS) is 13.0. The van der Waals surface area contributed by atoms with Crippen molar-refractivity contribution < 1.29 is 28.7 Å². The molecule has 0 spiro atoms. The lowest BCUT2D eigenvalue weighted by Crippen LogP contribution is -2.36. The molecule has 0 saturated heterocycles. The highest BCUT2D eigenvalue weighted by molar-refractivity contribution is 6.27. The van der Waals surface area contributed by atoms with Gasteiger partial charge in [0.05, 0.1) is 18.8 Å². The van der Waals surface area contributed by atoms with Crippen LogP contribution in [0.3, 0.4) is 0 Å². The first-order valence-corrected chi connectivity index (χ1v) is 10.4. The van der Waals surface area contributed by atoms with Crippen LogP contribution in [0.25, 0.3) is 0 Å². The molecule has 0 amide bonds. The average molecular weight is 435 g/mol. The molecule has 0 atom stereocenters. The van der Waals surface area contributed by atoms with Gasteiger partial charge in [-0.1, -0.05) is 24.3 Å². The van der Waals surface area contributed by atoms with Gasteiger partial charge < -0.3 is 14.4 Å². The van der Waals surface area contributed by atoms with Crippen molar-refractivity contribution in [1.29, 1.82) is 0 Å². The van der Waals surface area contributed by atoms with Crippen LogP contribution < -0.4 is 4.90 Å². The molecule has 1 aliphatic carbocycles. The summed E-state index contributed by atoms with van der Waals surface area (Å²) in [6, 6.07) is 13.2. The van der Waals surface area contributed by atoms with Gasteiger partial charge in [0.15, 0.2) is 11.6 Å². The van der Waals surface area contributed by atoms with Crippen LogP contribution in [0.2, 0.25) is 0 Å². The zero-order valence-electron chi connectivity index (χ0n) is 18.3.